The Balaban J connectivity index is 0.00000109. The third-order valence-electron chi connectivity index (χ3n) is 4.48. The maximum atomic E-state index is 8.09. The van der Waals surface area contributed by atoms with Gasteiger partial charge in [0.25, 0.3) is 0 Å². The van der Waals surface area contributed by atoms with Crippen LogP contribution in [0.4, 0.5) is 0 Å². The fourth-order valence-corrected chi connectivity index (χ4v) is 3.12. The van der Waals surface area contributed by atoms with Gasteiger partial charge >= 0.3 is 0 Å². The van der Waals surface area contributed by atoms with E-state index in [4.69, 9.17) is 5.41 Å². The lowest BCUT2D eigenvalue weighted by Crippen LogP contribution is -2.48. The molecule has 0 bridgehead atoms. The lowest BCUT2D eigenvalue weighted by molar-refractivity contribution is 0.338. The summed E-state index contributed by atoms with van der Waals surface area (Å²) in [6, 6.07) is 2.29. The summed E-state index contributed by atoms with van der Waals surface area (Å²) in [5, 5.41) is 15.1. The van der Waals surface area contributed by atoms with Gasteiger partial charge in [-0.05, 0) is 24.6 Å². The first-order valence-electron chi connectivity index (χ1n) is 9.47. The van der Waals surface area contributed by atoms with E-state index in [2.05, 4.69) is 33.1 Å². The highest BCUT2D eigenvalue weighted by molar-refractivity contribution is 5.92. The van der Waals surface area contributed by atoms with Crippen molar-refractivity contribution in [2.75, 3.05) is 0 Å². The number of hydrazine groups is 1. The van der Waals surface area contributed by atoms with Crippen LogP contribution in [0.2, 0.25) is 0 Å². The molecule has 3 aromatic heterocycles. The molecular formula is C21H27N7. The van der Waals surface area contributed by atoms with Crippen LogP contribution in [-0.4, -0.2) is 36.6 Å². The van der Waals surface area contributed by atoms with Crippen LogP contribution in [0.5, 0.6) is 0 Å². The first kappa shape index (κ1) is 19.6. The molecule has 3 N–H and O–H groups in total. The molecule has 28 heavy (non-hydrogen) atoms. The number of aromatic amines is 1. The van der Waals surface area contributed by atoms with Crippen LogP contribution in [0.3, 0.4) is 0 Å². The van der Waals surface area contributed by atoms with E-state index in [0.717, 1.165) is 33.4 Å². The molecule has 0 saturated heterocycles. The molecule has 1 aliphatic rings. The topological polar surface area (TPSA) is 85.6 Å². The molecule has 4 rings (SSSR count). The molecular weight excluding hydrogens is 350 g/mol. The van der Waals surface area contributed by atoms with Gasteiger partial charge in [0.05, 0.1) is 6.20 Å². The zero-order valence-corrected chi connectivity index (χ0v) is 16.8. The number of allylic oxidation sites excluding steroid dienone is 1. The van der Waals surface area contributed by atoms with Gasteiger partial charge in [0.2, 0.25) is 0 Å². The Kier molecular flexibility index (Phi) is 5.75. The lowest BCUT2D eigenvalue weighted by Gasteiger charge is -2.31. The molecule has 0 aromatic carbocycles. The molecule has 0 saturated carbocycles. The van der Waals surface area contributed by atoms with E-state index in [9.17, 15) is 0 Å². The summed E-state index contributed by atoms with van der Waals surface area (Å²) in [6.07, 6.45) is 12.0. The second-order valence-corrected chi connectivity index (χ2v) is 6.58. The Morgan fingerprint density at radius 3 is 2.79 bits per heavy atom. The van der Waals surface area contributed by atoms with E-state index in [1.807, 2.05) is 58.7 Å². The Morgan fingerprint density at radius 2 is 2.07 bits per heavy atom. The van der Waals surface area contributed by atoms with E-state index < -0.39 is 0 Å². The quantitative estimate of drug-likeness (QED) is 0.646. The number of pyridine rings is 1. The summed E-state index contributed by atoms with van der Waals surface area (Å²) in [5.41, 5.74) is 8.07. The van der Waals surface area contributed by atoms with E-state index in [0.29, 0.717) is 12.3 Å². The van der Waals surface area contributed by atoms with Crippen molar-refractivity contribution in [3.63, 3.8) is 0 Å². The number of nitrogens with one attached hydrogen (secondary N) is 3. The van der Waals surface area contributed by atoms with Gasteiger partial charge in [-0.1, -0.05) is 26.5 Å². The average molecular weight is 377 g/mol. The molecule has 0 radical (unpaired) electrons. The highest BCUT2D eigenvalue weighted by Crippen LogP contribution is 2.26. The van der Waals surface area contributed by atoms with Gasteiger partial charge in [-0.15, -0.1) is 0 Å². The van der Waals surface area contributed by atoms with E-state index >= 15 is 0 Å². The molecule has 7 nitrogen and oxygen atoms in total. The first-order chi connectivity index (χ1) is 13.5. The van der Waals surface area contributed by atoms with Gasteiger partial charge in [-0.2, -0.15) is 5.10 Å². The van der Waals surface area contributed by atoms with Crippen LogP contribution in [0, 0.1) is 5.41 Å². The van der Waals surface area contributed by atoms with Crippen LogP contribution >= 0.6 is 0 Å². The minimum absolute atomic E-state index is 0.169. The number of nitrogens with zero attached hydrogens (tertiary/aromatic N) is 4. The Morgan fingerprint density at radius 1 is 1.29 bits per heavy atom. The number of hydrogen-bond donors (Lipinski definition) is 3. The monoisotopic (exact) mass is 377 g/mol. The highest BCUT2D eigenvalue weighted by atomic mass is 15.5. The Hall–Kier alpha value is -3.19. The van der Waals surface area contributed by atoms with Gasteiger partial charge in [-0.25, -0.2) is 10.4 Å². The SMILES string of the molecule is C=C(Cc1c[nH]c2ncc(-c3cnn(C)c3)cc12)N1NC(C)C=CC1=N.CC. The maximum Gasteiger partial charge on any atom is 0.139 e. The summed E-state index contributed by atoms with van der Waals surface area (Å²) in [7, 11) is 1.90. The summed E-state index contributed by atoms with van der Waals surface area (Å²) in [5.74, 6) is 0.391. The van der Waals surface area contributed by atoms with Crippen LogP contribution in [0.1, 0.15) is 26.3 Å². The molecule has 1 aliphatic heterocycles. The number of fused-ring (bicyclic) bond motifs is 1. The minimum Gasteiger partial charge on any atom is -0.346 e. The van der Waals surface area contributed by atoms with Crippen molar-refractivity contribution in [2.45, 2.75) is 33.2 Å². The van der Waals surface area contributed by atoms with E-state index in [1.165, 1.54) is 0 Å². The molecule has 0 spiro atoms. The molecule has 3 aromatic rings. The Bertz CT molecular complexity index is 1020. The van der Waals surface area contributed by atoms with Gasteiger partial charge in [0.15, 0.2) is 0 Å². The van der Waals surface area contributed by atoms with Gasteiger partial charge < -0.3 is 4.98 Å². The molecule has 0 fully saturated rings. The van der Waals surface area contributed by atoms with Crippen LogP contribution in [-0.2, 0) is 13.5 Å². The van der Waals surface area contributed by atoms with Gasteiger partial charge in [0.1, 0.15) is 11.5 Å². The van der Waals surface area contributed by atoms with E-state index in [1.54, 1.807) is 15.8 Å². The predicted molar refractivity (Wildman–Crippen MR) is 114 cm³/mol. The number of H-pyrrole nitrogens is 1. The van der Waals surface area contributed by atoms with Crippen molar-refractivity contribution in [1.82, 2.24) is 30.2 Å². The first-order valence-corrected chi connectivity index (χ1v) is 9.47. The third kappa shape index (κ3) is 3.89. The number of aromatic nitrogens is 4. The molecule has 0 aliphatic carbocycles. The third-order valence-corrected chi connectivity index (χ3v) is 4.48. The average Bonchev–Trinajstić information content (AvgIpc) is 3.31. The van der Waals surface area contributed by atoms with Crippen molar-refractivity contribution >= 4 is 16.9 Å². The highest BCUT2D eigenvalue weighted by Gasteiger charge is 2.19. The van der Waals surface area contributed by atoms with Crippen molar-refractivity contribution in [2.24, 2.45) is 7.05 Å². The molecule has 0 amide bonds. The van der Waals surface area contributed by atoms with Gasteiger partial charge in [-0.3, -0.25) is 15.1 Å². The molecule has 4 heterocycles. The minimum atomic E-state index is 0.169. The second kappa shape index (κ2) is 8.22. The normalized spacial score (nSPS) is 16.2. The van der Waals surface area contributed by atoms with Gasteiger partial charge in [0, 0.05) is 60.3 Å². The second-order valence-electron chi connectivity index (χ2n) is 6.58. The van der Waals surface area contributed by atoms with E-state index in [-0.39, 0.29) is 6.04 Å². The maximum absolute atomic E-state index is 8.09. The zero-order chi connectivity index (χ0) is 20.3. The van der Waals surface area contributed by atoms with Crippen molar-refractivity contribution in [1.29, 1.82) is 5.41 Å². The molecule has 1 atom stereocenters. The van der Waals surface area contributed by atoms with Crippen molar-refractivity contribution < 1.29 is 0 Å². The summed E-state index contributed by atoms with van der Waals surface area (Å²) < 4.78 is 1.78. The number of hydrogen-bond acceptors (Lipinski definition) is 4. The van der Waals surface area contributed by atoms with Crippen LogP contribution in [0.25, 0.3) is 22.2 Å². The molecule has 146 valence electrons. The van der Waals surface area contributed by atoms with Crippen molar-refractivity contribution in [3.8, 4) is 11.1 Å². The summed E-state index contributed by atoms with van der Waals surface area (Å²) in [4.78, 5) is 7.75. The Labute approximate surface area is 165 Å². The summed E-state index contributed by atoms with van der Waals surface area (Å²) in [6.45, 7) is 10.2. The smallest absolute Gasteiger partial charge is 0.139 e. The lowest BCUT2D eigenvalue weighted by atomic mass is 10.1. The van der Waals surface area contributed by atoms with Crippen LogP contribution in [0.15, 0.2) is 55.3 Å². The summed E-state index contributed by atoms with van der Waals surface area (Å²) >= 11 is 0. The zero-order valence-electron chi connectivity index (χ0n) is 16.8. The van der Waals surface area contributed by atoms with Crippen molar-refractivity contribution in [3.05, 3.63) is 60.8 Å². The number of amidine groups is 1. The van der Waals surface area contributed by atoms with Crippen LogP contribution < -0.4 is 5.43 Å². The fourth-order valence-electron chi connectivity index (χ4n) is 3.12. The standard InChI is InChI=1S/C19H21N7.C2H6/c1-12-4-5-18(20)26(24-12)13(2)6-15-9-22-19-17(15)7-14(8-21-19)16-10-23-25(3)11-16;1-2/h4-5,7-12,20,24H,2,6H2,1,3H3,(H,21,22);1-2H3. The molecule has 1 unspecified atom stereocenters. The largest absolute Gasteiger partial charge is 0.346 e. The predicted octanol–water partition coefficient (Wildman–Crippen LogP) is 3.79. The number of rotatable bonds is 4. The molecule has 7 heteroatoms. The fraction of sp³-hybridized carbons (Fsp3) is 0.286. The number of aryl methyl sites for hydroxylation is 1.